The maximum atomic E-state index is 11.9. The van der Waals surface area contributed by atoms with Crippen LogP contribution in [0.4, 0.5) is 0 Å². The molecule has 0 fully saturated rings. The van der Waals surface area contributed by atoms with E-state index in [2.05, 4.69) is 19.9 Å². The second kappa shape index (κ2) is 11.8. The molecule has 0 aromatic carbocycles. The van der Waals surface area contributed by atoms with Gasteiger partial charge in [-0.15, -0.1) is 11.8 Å². The summed E-state index contributed by atoms with van der Waals surface area (Å²) >= 11 is 3.35. The van der Waals surface area contributed by atoms with Gasteiger partial charge in [-0.05, 0) is 43.4 Å². The van der Waals surface area contributed by atoms with E-state index in [1.807, 2.05) is 19.1 Å². The van der Waals surface area contributed by atoms with Gasteiger partial charge in [0, 0.05) is 29.5 Å². The van der Waals surface area contributed by atoms with Crippen LogP contribution in [0.15, 0.2) is 37.2 Å². The molecular weight excluding hydrogens is 356 g/mol. The first-order valence-electron chi connectivity index (χ1n) is 8.11. The Morgan fingerprint density at radius 1 is 1.04 bits per heavy atom. The molecule has 2 heterocycles. The molecule has 0 N–H and O–H groups in total. The van der Waals surface area contributed by atoms with Gasteiger partial charge in [0.15, 0.2) is 0 Å². The van der Waals surface area contributed by atoms with E-state index in [1.165, 1.54) is 0 Å². The highest BCUT2D eigenvalue weighted by Crippen LogP contribution is 2.14. The van der Waals surface area contributed by atoms with Crippen molar-refractivity contribution >= 4 is 29.5 Å². The third-order valence-corrected chi connectivity index (χ3v) is 5.40. The van der Waals surface area contributed by atoms with Crippen LogP contribution < -0.4 is 0 Å². The number of aromatic nitrogens is 4. The fourth-order valence-electron chi connectivity index (χ4n) is 1.94. The van der Waals surface area contributed by atoms with Crippen LogP contribution in [0.5, 0.6) is 0 Å². The van der Waals surface area contributed by atoms with E-state index < -0.39 is 0 Å². The summed E-state index contributed by atoms with van der Waals surface area (Å²) < 4.78 is 5.33. The Morgan fingerprint density at radius 2 is 1.68 bits per heavy atom. The summed E-state index contributed by atoms with van der Waals surface area (Å²) in [5.41, 5.74) is 2.02. The van der Waals surface area contributed by atoms with Gasteiger partial charge in [0.1, 0.15) is 19.3 Å². The molecule has 0 aliphatic carbocycles. The van der Waals surface area contributed by atoms with Crippen molar-refractivity contribution in [1.82, 2.24) is 19.9 Å². The number of hydrogen-bond donors (Lipinski definition) is 0. The molecular formula is C17H22N4O2S2. The van der Waals surface area contributed by atoms with Gasteiger partial charge in [0.05, 0.1) is 5.25 Å². The molecule has 0 spiro atoms. The van der Waals surface area contributed by atoms with Gasteiger partial charge in [0.2, 0.25) is 0 Å². The molecule has 134 valence electrons. The zero-order chi connectivity index (χ0) is 17.7. The lowest BCUT2D eigenvalue weighted by Gasteiger charge is -2.11. The summed E-state index contributed by atoms with van der Waals surface area (Å²) in [7, 11) is 0. The van der Waals surface area contributed by atoms with Gasteiger partial charge in [-0.2, -0.15) is 11.8 Å². The third kappa shape index (κ3) is 8.31. The average Bonchev–Trinajstić information content (AvgIpc) is 2.66. The van der Waals surface area contributed by atoms with Crippen LogP contribution >= 0.6 is 23.5 Å². The highest BCUT2D eigenvalue weighted by atomic mass is 32.2. The van der Waals surface area contributed by atoms with E-state index >= 15 is 0 Å². The zero-order valence-electron chi connectivity index (χ0n) is 14.2. The summed E-state index contributed by atoms with van der Waals surface area (Å²) in [5.74, 6) is 2.44. The minimum Gasteiger partial charge on any atom is -0.464 e. The second-order valence-electron chi connectivity index (χ2n) is 5.19. The van der Waals surface area contributed by atoms with Crippen LogP contribution in [0, 0.1) is 0 Å². The standard InChI is InChI=1S/C17H22N4O2S2/c1-14(25-10-5-16-3-7-19-13-21-16)17(22)23-8-11-24-9-4-15-2-6-18-12-20-15/h2-3,6-7,12-14H,4-5,8-11H2,1H3. The van der Waals surface area contributed by atoms with Crippen LogP contribution in [0.3, 0.4) is 0 Å². The lowest BCUT2D eigenvalue weighted by atomic mass is 10.3. The minimum absolute atomic E-state index is 0.149. The van der Waals surface area contributed by atoms with Crippen molar-refractivity contribution in [2.75, 3.05) is 23.9 Å². The molecule has 0 aliphatic heterocycles. The van der Waals surface area contributed by atoms with Gasteiger partial charge >= 0.3 is 5.97 Å². The molecule has 8 heteroatoms. The number of ether oxygens (including phenoxy) is 1. The zero-order valence-corrected chi connectivity index (χ0v) is 15.8. The number of carbonyl (C=O) groups excluding carboxylic acids is 1. The lowest BCUT2D eigenvalue weighted by molar-refractivity contribution is -0.141. The molecule has 0 aliphatic rings. The second-order valence-corrected chi connectivity index (χ2v) is 7.87. The van der Waals surface area contributed by atoms with Crippen LogP contribution in [-0.4, -0.2) is 55.0 Å². The van der Waals surface area contributed by atoms with Crippen LogP contribution in [0.25, 0.3) is 0 Å². The van der Waals surface area contributed by atoms with Gasteiger partial charge in [-0.3, -0.25) is 4.79 Å². The number of aryl methyl sites for hydroxylation is 2. The molecule has 25 heavy (non-hydrogen) atoms. The van der Waals surface area contributed by atoms with E-state index in [-0.39, 0.29) is 11.2 Å². The first-order valence-corrected chi connectivity index (χ1v) is 10.3. The maximum Gasteiger partial charge on any atom is 0.318 e. The largest absolute Gasteiger partial charge is 0.464 e. The first-order chi connectivity index (χ1) is 12.3. The van der Waals surface area contributed by atoms with Gasteiger partial charge in [-0.25, -0.2) is 19.9 Å². The lowest BCUT2D eigenvalue weighted by Crippen LogP contribution is -2.19. The average molecular weight is 379 g/mol. The van der Waals surface area contributed by atoms with E-state index in [0.29, 0.717) is 6.61 Å². The molecule has 0 radical (unpaired) electrons. The fourth-order valence-corrected chi connectivity index (χ4v) is 3.58. The van der Waals surface area contributed by atoms with Gasteiger partial charge < -0.3 is 4.74 Å². The minimum atomic E-state index is -0.159. The van der Waals surface area contributed by atoms with Gasteiger partial charge in [0.25, 0.3) is 0 Å². The Balaban J connectivity index is 1.49. The number of rotatable bonds is 11. The Labute approximate surface area is 156 Å². The Bertz CT molecular complexity index is 617. The Hall–Kier alpha value is -1.67. The molecule has 2 rings (SSSR count). The normalized spacial score (nSPS) is 11.9. The topological polar surface area (TPSA) is 77.9 Å². The predicted octanol–water partition coefficient (Wildman–Crippen LogP) is 2.45. The highest BCUT2D eigenvalue weighted by Gasteiger charge is 2.14. The molecule has 2 aromatic heterocycles. The smallest absolute Gasteiger partial charge is 0.318 e. The fraction of sp³-hybridized carbons (Fsp3) is 0.471. The SMILES string of the molecule is CC(SCCc1ccncn1)C(=O)OCCSCCc1ccncn1. The van der Waals surface area contributed by atoms with E-state index in [9.17, 15) is 4.79 Å². The van der Waals surface area contributed by atoms with Crippen molar-refractivity contribution in [2.45, 2.75) is 25.0 Å². The van der Waals surface area contributed by atoms with Crippen molar-refractivity contribution in [3.63, 3.8) is 0 Å². The highest BCUT2D eigenvalue weighted by molar-refractivity contribution is 8.00. The summed E-state index contributed by atoms with van der Waals surface area (Å²) in [6.07, 6.45) is 8.30. The molecule has 1 unspecified atom stereocenters. The van der Waals surface area contributed by atoms with E-state index in [4.69, 9.17) is 4.74 Å². The monoisotopic (exact) mass is 378 g/mol. The van der Waals surface area contributed by atoms with Crippen LogP contribution in [0.2, 0.25) is 0 Å². The van der Waals surface area contributed by atoms with Gasteiger partial charge in [-0.1, -0.05) is 0 Å². The molecule has 2 aromatic rings. The number of thioether (sulfide) groups is 2. The summed E-state index contributed by atoms with van der Waals surface area (Å²) in [6, 6.07) is 3.81. The quantitative estimate of drug-likeness (QED) is 0.436. The molecule has 0 saturated carbocycles. The van der Waals surface area contributed by atoms with Crippen molar-refractivity contribution in [3.05, 3.63) is 48.6 Å². The summed E-state index contributed by atoms with van der Waals surface area (Å²) in [5, 5.41) is -0.159. The summed E-state index contributed by atoms with van der Waals surface area (Å²) in [6.45, 7) is 2.33. The van der Waals surface area contributed by atoms with E-state index in [0.717, 1.165) is 41.5 Å². The maximum absolute atomic E-state index is 11.9. The van der Waals surface area contributed by atoms with Crippen LogP contribution in [-0.2, 0) is 22.4 Å². The first kappa shape index (κ1) is 19.7. The molecule has 0 saturated heterocycles. The number of nitrogens with zero attached hydrogens (tertiary/aromatic N) is 4. The Kier molecular flexibility index (Phi) is 9.28. The van der Waals surface area contributed by atoms with Crippen LogP contribution in [0.1, 0.15) is 18.3 Å². The number of hydrogen-bond acceptors (Lipinski definition) is 8. The third-order valence-electron chi connectivity index (χ3n) is 3.32. The number of esters is 1. The summed E-state index contributed by atoms with van der Waals surface area (Å²) in [4.78, 5) is 28.1. The predicted molar refractivity (Wildman–Crippen MR) is 102 cm³/mol. The Morgan fingerprint density at radius 3 is 2.28 bits per heavy atom. The molecule has 0 amide bonds. The van der Waals surface area contributed by atoms with Crippen molar-refractivity contribution < 1.29 is 9.53 Å². The number of carbonyl (C=O) groups is 1. The molecule has 6 nitrogen and oxygen atoms in total. The van der Waals surface area contributed by atoms with Crippen molar-refractivity contribution in [2.24, 2.45) is 0 Å². The van der Waals surface area contributed by atoms with Crippen molar-refractivity contribution in [1.29, 1.82) is 0 Å². The van der Waals surface area contributed by atoms with Crippen molar-refractivity contribution in [3.8, 4) is 0 Å². The molecule has 0 bridgehead atoms. The molecule has 1 atom stereocenters. The van der Waals surface area contributed by atoms with E-state index in [1.54, 1.807) is 48.6 Å².